The van der Waals surface area contributed by atoms with Crippen LogP contribution in [0.1, 0.15) is 31.9 Å². The van der Waals surface area contributed by atoms with E-state index in [1.807, 2.05) is 0 Å². The van der Waals surface area contributed by atoms with E-state index in [1.165, 1.54) is 11.1 Å². The highest BCUT2D eigenvalue weighted by Crippen LogP contribution is 2.08. The standard InChI is InChI=1S/C15H26N4.HI/c1-15(2,3)18-14(16)17-10-12-7-6-8-13(9-12)11-19(4)5;/h6-9H,10-11H2,1-5H3,(H3,16,17,18);1H. The minimum atomic E-state index is -0.0552. The third-order valence-corrected chi connectivity index (χ3v) is 2.43. The highest BCUT2D eigenvalue weighted by molar-refractivity contribution is 14.0. The van der Waals surface area contributed by atoms with Crippen LogP contribution in [0.5, 0.6) is 0 Å². The maximum absolute atomic E-state index is 5.86. The molecule has 0 atom stereocenters. The number of hydrogen-bond donors (Lipinski definition) is 2. The second-order valence-electron chi connectivity index (χ2n) is 6.13. The van der Waals surface area contributed by atoms with E-state index in [0.29, 0.717) is 12.5 Å². The average molecular weight is 390 g/mol. The van der Waals surface area contributed by atoms with Gasteiger partial charge in [-0.05, 0) is 46.0 Å². The average Bonchev–Trinajstić information content (AvgIpc) is 2.23. The first kappa shape index (κ1) is 19.2. The van der Waals surface area contributed by atoms with Crippen molar-refractivity contribution in [2.45, 2.75) is 39.4 Å². The highest BCUT2D eigenvalue weighted by Gasteiger charge is 2.09. The zero-order chi connectivity index (χ0) is 14.5. The van der Waals surface area contributed by atoms with Crippen LogP contribution in [0, 0.1) is 0 Å². The van der Waals surface area contributed by atoms with Gasteiger partial charge in [-0.1, -0.05) is 24.3 Å². The highest BCUT2D eigenvalue weighted by atomic mass is 127. The Morgan fingerprint density at radius 1 is 1.25 bits per heavy atom. The molecule has 0 saturated heterocycles. The summed E-state index contributed by atoms with van der Waals surface area (Å²) in [6.07, 6.45) is 0. The zero-order valence-corrected chi connectivity index (χ0v) is 15.4. The largest absolute Gasteiger partial charge is 0.370 e. The van der Waals surface area contributed by atoms with Crippen molar-refractivity contribution in [1.29, 1.82) is 0 Å². The molecule has 1 aromatic rings. The quantitative estimate of drug-likeness (QED) is 0.472. The predicted molar refractivity (Wildman–Crippen MR) is 97.5 cm³/mol. The van der Waals surface area contributed by atoms with Crippen molar-refractivity contribution >= 4 is 29.9 Å². The van der Waals surface area contributed by atoms with Gasteiger partial charge in [0.05, 0.1) is 6.54 Å². The summed E-state index contributed by atoms with van der Waals surface area (Å²) in [6, 6.07) is 8.45. The molecule has 0 spiro atoms. The third kappa shape index (κ3) is 8.37. The van der Waals surface area contributed by atoms with Crippen molar-refractivity contribution in [3.63, 3.8) is 0 Å². The number of benzene rings is 1. The maximum atomic E-state index is 5.86. The Kier molecular flexibility index (Phi) is 8.12. The first-order valence-corrected chi connectivity index (χ1v) is 6.57. The molecule has 0 saturated carbocycles. The van der Waals surface area contributed by atoms with Gasteiger partial charge in [-0.25, -0.2) is 4.99 Å². The fraction of sp³-hybridized carbons (Fsp3) is 0.533. The summed E-state index contributed by atoms with van der Waals surface area (Å²) in [4.78, 5) is 6.52. The minimum absolute atomic E-state index is 0. The molecule has 0 amide bonds. The summed E-state index contributed by atoms with van der Waals surface area (Å²) in [7, 11) is 4.13. The van der Waals surface area contributed by atoms with Gasteiger partial charge in [0.25, 0.3) is 0 Å². The number of nitrogens with two attached hydrogens (primary N) is 1. The van der Waals surface area contributed by atoms with Crippen LogP contribution in [0.2, 0.25) is 0 Å². The molecule has 1 rings (SSSR count). The zero-order valence-electron chi connectivity index (χ0n) is 13.1. The number of nitrogens with zero attached hydrogens (tertiary/aromatic N) is 2. The molecular weight excluding hydrogens is 363 g/mol. The maximum Gasteiger partial charge on any atom is 0.189 e. The fourth-order valence-corrected chi connectivity index (χ4v) is 1.79. The molecule has 0 radical (unpaired) electrons. The molecule has 0 aliphatic heterocycles. The SMILES string of the molecule is CN(C)Cc1cccc(CN=C(N)NC(C)(C)C)c1.I. The Labute approximate surface area is 139 Å². The number of halogens is 1. The molecular formula is C15H27IN4. The fourth-order valence-electron chi connectivity index (χ4n) is 1.79. The van der Waals surface area contributed by atoms with Crippen LogP contribution in [0.25, 0.3) is 0 Å². The number of rotatable bonds is 4. The topological polar surface area (TPSA) is 53.6 Å². The van der Waals surface area contributed by atoms with Crippen LogP contribution in [0.3, 0.4) is 0 Å². The van der Waals surface area contributed by atoms with Gasteiger partial charge in [0.1, 0.15) is 0 Å². The summed E-state index contributed by atoms with van der Waals surface area (Å²) in [6.45, 7) is 7.73. The molecule has 0 heterocycles. The lowest BCUT2D eigenvalue weighted by molar-refractivity contribution is 0.402. The smallest absolute Gasteiger partial charge is 0.189 e. The van der Waals surface area contributed by atoms with Crippen molar-refractivity contribution < 1.29 is 0 Å². The van der Waals surface area contributed by atoms with E-state index in [9.17, 15) is 0 Å². The van der Waals surface area contributed by atoms with E-state index < -0.39 is 0 Å². The van der Waals surface area contributed by atoms with Crippen molar-refractivity contribution in [3.8, 4) is 0 Å². The Hall–Kier alpha value is -0.820. The van der Waals surface area contributed by atoms with Gasteiger partial charge in [0.2, 0.25) is 0 Å². The van der Waals surface area contributed by atoms with Crippen LogP contribution < -0.4 is 11.1 Å². The van der Waals surface area contributed by atoms with Crippen LogP contribution in [0.15, 0.2) is 29.3 Å². The van der Waals surface area contributed by atoms with E-state index in [0.717, 1.165) is 6.54 Å². The van der Waals surface area contributed by atoms with Gasteiger partial charge in [-0.3, -0.25) is 0 Å². The molecule has 0 bridgehead atoms. The summed E-state index contributed by atoms with van der Waals surface area (Å²) in [5, 5.41) is 3.16. The van der Waals surface area contributed by atoms with Gasteiger partial charge in [-0.15, -0.1) is 24.0 Å². The van der Waals surface area contributed by atoms with Gasteiger partial charge in [-0.2, -0.15) is 0 Å². The van der Waals surface area contributed by atoms with Gasteiger partial charge < -0.3 is 16.0 Å². The second-order valence-corrected chi connectivity index (χ2v) is 6.13. The lowest BCUT2D eigenvalue weighted by Gasteiger charge is -2.21. The van der Waals surface area contributed by atoms with Gasteiger partial charge in [0.15, 0.2) is 5.96 Å². The predicted octanol–water partition coefficient (Wildman–Crippen LogP) is 2.57. The second kappa shape index (κ2) is 8.46. The molecule has 0 aliphatic carbocycles. The first-order valence-electron chi connectivity index (χ1n) is 6.57. The van der Waals surface area contributed by atoms with Crippen molar-refractivity contribution in [2.24, 2.45) is 10.7 Å². The Morgan fingerprint density at radius 2 is 1.85 bits per heavy atom. The van der Waals surface area contributed by atoms with Crippen molar-refractivity contribution in [1.82, 2.24) is 10.2 Å². The molecule has 0 aromatic heterocycles. The Bertz CT molecular complexity index is 436. The van der Waals surface area contributed by atoms with Crippen LogP contribution in [0.4, 0.5) is 0 Å². The summed E-state index contributed by atoms with van der Waals surface area (Å²) in [5.74, 6) is 0.491. The summed E-state index contributed by atoms with van der Waals surface area (Å²) >= 11 is 0. The third-order valence-electron chi connectivity index (χ3n) is 2.43. The number of nitrogens with one attached hydrogen (secondary N) is 1. The molecule has 20 heavy (non-hydrogen) atoms. The molecule has 0 aliphatic rings. The lowest BCUT2D eigenvalue weighted by Crippen LogP contribution is -2.44. The Morgan fingerprint density at radius 3 is 2.40 bits per heavy atom. The van der Waals surface area contributed by atoms with Crippen LogP contribution in [-0.2, 0) is 13.1 Å². The van der Waals surface area contributed by atoms with E-state index in [1.54, 1.807) is 0 Å². The van der Waals surface area contributed by atoms with E-state index in [-0.39, 0.29) is 29.5 Å². The van der Waals surface area contributed by atoms with Gasteiger partial charge in [0, 0.05) is 12.1 Å². The molecule has 1 aromatic carbocycles. The molecule has 0 fully saturated rings. The lowest BCUT2D eigenvalue weighted by atomic mass is 10.1. The molecule has 114 valence electrons. The van der Waals surface area contributed by atoms with Gasteiger partial charge >= 0.3 is 0 Å². The first-order chi connectivity index (χ1) is 8.76. The molecule has 4 nitrogen and oxygen atoms in total. The molecule has 0 unspecified atom stereocenters. The molecule has 3 N–H and O–H groups in total. The number of guanidine groups is 1. The number of hydrogen-bond acceptors (Lipinski definition) is 2. The van der Waals surface area contributed by atoms with Crippen LogP contribution in [-0.4, -0.2) is 30.5 Å². The summed E-state index contributed by atoms with van der Waals surface area (Å²) in [5.41, 5.74) is 8.27. The van der Waals surface area contributed by atoms with Crippen LogP contribution >= 0.6 is 24.0 Å². The number of aliphatic imine (C=N–C) groups is 1. The van der Waals surface area contributed by atoms with E-state index in [2.05, 4.69) is 74.3 Å². The molecule has 5 heteroatoms. The van der Waals surface area contributed by atoms with E-state index >= 15 is 0 Å². The summed E-state index contributed by atoms with van der Waals surface area (Å²) < 4.78 is 0. The normalized spacial score (nSPS) is 12.2. The monoisotopic (exact) mass is 390 g/mol. The van der Waals surface area contributed by atoms with Crippen molar-refractivity contribution in [2.75, 3.05) is 14.1 Å². The minimum Gasteiger partial charge on any atom is -0.370 e. The van der Waals surface area contributed by atoms with Crippen molar-refractivity contribution in [3.05, 3.63) is 35.4 Å². The van der Waals surface area contributed by atoms with E-state index in [4.69, 9.17) is 5.73 Å². The Balaban J connectivity index is 0.00000361.